The Bertz CT molecular complexity index is 887. The maximum Gasteiger partial charge on any atom is 0.302 e. The molecule has 5 aliphatic carbocycles. The van der Waals surface area contributed by atoms with Gasteiger partial charge < -0.3 is 34.6 Å². The zero-order valence-electron chi connectivity index (χ0n) is 20.5. The molecule has 0 aromatic heterocycles. The van der Waals surface area contributed by atoms with Gasteiger partial charge in [-0.05, 0) is 31.7 Å². The lowest BCUT2D eigenvalue weighted by molar-refractivity contribution is -0.317. The first kappa shape index (κ1) is 23.6. The van der Waals surface area contributed by atoms with Crippen LogP contribution < -0.4 is 0 Å². The molecule has 1 saturated heterocycles. The molecular weight excluding hydrogens is 442 g/mol. The summed E-state index contributed by atoms with van der Waals surface area (Å²) in [5.41, 5.74) is -4.71. The summed E-state index contributed by atoms with van der Waals surface area (Å²) >= 11 is 0. The van der Waals surface area contributed by atoms with Gasteiger partial charge in [0.25, 0.3) is 0 Å². The Kier molecular flexibility index (Phi) is 4.96. The highest BCUT2D eigenvalue weighted by Gasteiger charge is 2.91. The number of ether oxygens (including phenoxy) is 3. The van der Waals surface area contributed by atoms with Crippen LogP contribution in [0.15, 0.2) is 0 Å². The Morgan fingerprint density at radius 1 is 1.21 bits per heavy atom. The number of likely N-dealkylation sites (tertiary alicyclic amines) is 1. The number of carbonyl (C=O) groups is 1. The van der Waals surface area contributed by atoms with Gasteiger partial charge in [-0.25, -0.2) is 0 Å². The lowest BCUT2D eigenvalue weighted by atomic mass is 9.42. The van der Waals surface area contributed by atoms with Crippen LogP contribution in [-0.4, -0.2) is 107 Å². The Balaban J connectivity index is 1.66. The van der Waals surface area contributed by atoms with Crippen molar-refractivity contribution in [1.29, 1.82) is 0 Å². The number of methoxy groups -OCH3 is 2. The van der Waals surface area contributed by atoms with E-state index in [0.717, 1.165) is 0 Å². The van der Waals surface area contributed by atoms with Gasteiger partial charge in [0.1, 0.15) is 17.3 Å². The number of rotatable bonds is 5. The third kappa shape index (κ3) is 2.22. The number of carbonyl (C=O) groups excluding carboxylic acids is 1. The number of aliphatic hydroxyl groups is 4. The Morgan fingerprint density at radius 2 is 1.94 bits per heavy atom. The molecule has 0 aromatic rings. The van der Waals surface area contributed by atoms with Crippen molar-refractivity contribution in [3.05, 3.63) is 0 Å². The van der Waals surface area contributed by atoms with Gasteiger partial charge in [-0.2, -0.15) is 0 Å². The van der Waals surface area contributed by atoms with Crippen molar-refractivity contribution in [2.45, 2.75) is 81.2 Å². The van der Waals surface area contributed by atoms with Crippen LogP contribution in [0, 0.1) is 34.5 Å². The molecule has 13 atom stereocenters. The average molecular weight is 482 g/mol. The number of piperidine rings is 1. The highest BCUT2D eigenvalue weighted by atomic mass is 16.6. The summed E-state index contributed by atoms with van der Waals surface area (Å²) in [6, 6.07) is -0.534. The van der Waals surface area contributed by atoms with Gasteiger partial charge in [-0.15, -0.1) is 0 Å². The predicted molar refractivity (Wildman–Crippen MR) is 118 cm³/mol. The number of aliphatic hydroxyl groups excluding tert-OH is 2. The predicted octanol–water partition coefficient (Wildman–Crippen LogP) is -0.466. The topological polar surface area (TPSA) is 129 Å². The molecule has 0 amide bonds. The minimum atomic E-state index is -1.73. The molecule has 192 valence electrons. The van der Waals surface area contributed by atoms with Gasteiger partial charge in [-0.3, -0.25) is 9.69 Å². The summed E-state index contributed by atoms with van der Waals surface area (Å²) in [6.45, 7) is 4.53. The quantitative estimate of drug-likeness (QED) is 0.385. The summed E-state index contributed by atoms with van der Waals surface area (Å²) in [5.74, 6) is -1.63. The SMILES string of the molecule is CCN1CC2(CO)CCC(O)C34C5CC6C(OC)CC(O)(C5C6OC(C)=O)C(O)(C(OC)C23)C14. The van der Waals surface area contributed by atoms with Gasteiger partial charge in [0, 0.05) is 62.7 Å². The lowest BCUT2D eigenvalue weighted by Crippen LogP contribution is -2.82. The zero-order valence-corrected chi connectivity index (χ0v) is 20.5. The van der Waals surface area contributed by atoms with E-state index in [2.05, 4.69) is 4.90 Å². The molecule has 1 spiro atoms. The third-order valence-corrected chi connectivity index (χ3v) is 11.4. The standard InChI is InChI=1S/C25H39NO8/c1-5-26-10-22(11-27)7-6-16(29)24-14-8-13-15(32-3)9-23(30,17(14)18(13)34-12(2)28)25(31,21(24)26)20(33-4)19(22)24/h13-21,27,29-31H,5-11H2,1-4H3. The fourth-order valence-corrected chi connectivity index (χ4v) is 10.7. The van der Waals surface area contributed by atoms with E-state index in [1.165, 1.54) is 6.92 Å². The van der Waals surface area contributed by atoms with Crippen molar-refractivity contribution in [2.75, 3.05) is 33.9 Å². The maximum atomic E-state index is 12.9. The highest BCUT2D eigenvalue weighted by molar-refractivity contribution is 5.66. The first-order valence-electron chi connectivity index (χ1n) is 12.8. The van der Waals surface area contributed by atoms with E-state index < -0.39 is 64.4 Å². The van der Waals surface area contributed by atoms with Crippen LogP contribution in [0.2, 0.25) is 0 Å². The molecule has 34 heavy (non-hydrogen) atoms. The second-order valence-corrected chi connectivity index (χ2v) is 12.0. The minimum absolute atomic E-state index is 0.0708. The van der Waals surface area contributed by atoms with Crippen molar-refractivity contribution in [1.82, 2.24) is 4.90 Å². The van der Waals surface area contributed by atoms with Crippen molar-refractivity contribution >= 4 is 5.97 Å². The first-order valence-corrected chi connectivity index (χ1v) is 12.8. The van der Waals surface area contributed by atoms with Crippen LogP contribution in [0.5, 0.6) is 0 Å². The van der Waals surface area contributed by atoms with Crippen LogP contribution in [0.3, 0.4) is 0 Å². The van der Waals surface area contributed by atoms with Crippen LogP contribution in [0.25, 0.3) is 0 Å². The summed E-state index contributed by atoms with van der Waals surface area (Å²) < 4.78 is 17.8. The first-order chi connectivity index (χ1) is 16.1. The van der Waals surface area contributed by atoms with Gasteiger partial charge in [0.05, 0.1) is 31.0 Å². The molecule has 7 bridgehead atoms. The largest absolute Gasteiger partial charge is 0.462 e. The molecule has 5 saturated carbocycles. The van der Waals surface area contributed by atoms with Gasteiger partial charge >= 0.3 is 5.97 Å². The van der Waals surface area contributed by atoms with E-state index in [4.69, 9.17) is 14.2 Å². The fourth-order valence-electron chi connectivity index (χ4n) is 10.7. The smallest absolute Gasteiger partial charge is 0.302 e. The molecule has 1 heterocycles. The van der Waals surface area contributed by atoms with Crippen molar-refractivity contribution in [3.8, 4) is 0 Å². The Morgan fingerprint density at radius 3 is 2.53 bits per heavy atom. The Hall–Kier alpha value is -0.810. The minimum Gasteiger partial charge on any atom is -0.462 e. The molecule has 9 nitrogen and oxygen atoms in total. The molecule has 0 aromatic carbocycles. The summed E-state index contributed by atoms with van der Waals surface area (Å²) in [6.07, 6.45) is -0.527. The van der Waals surface area contributed by atoms with Crippen LogP contribution in [-0.2, 0) is 19.0 Å². The Labute approximate surface area is 200 Å². The number of hydrogen-bond donors (Lipinski definition) is 4. The maximum absolute atomic E-state index is 12.9. The van der Waals surface area contributed by atoms with Gasteiger partial charge in [0.15, 0.2) is 0 Å². The number of hydrogen-bond acceptors (Lipinski definition) is 9. The monoisotopic (exact) mass is 481 g/mol. The van der Waals surface area contributed by atoms with Crippen molar-refractivity contribution < 1.29 is 39.4 Å². The molecular formula is C25H39NO8. The van der Waals surface area contributed by atoms with E-state index in [-0.39, 0.29) is 30.8 Å². The third-order valence-electron chi connectivity index (χ3n) is 11.4. The molecule has 6 aliphatic rings. The van der Waals surface area contributed by atoms with Crippen molar-refractivity contribution in [2.24, 2.45) is 34.5 Å². The number of nitrogens with zero attached hydrogens (tertiary/aromatic N) is 1. The summed E-state index contributed by atoms with van der Waals surface area (Å²) in [4.78, 5) is 14.4. The second kappa shape index (κ2) is 7.15. The molecule has 4 N–H and O–H groups in total. The molecule has 13 unspecified atom stereocenters. The zero-order chi connectivity index (χ0) is 24.4. The average Bonchev–Trinajstić information content (AvgIpc) is 3.20. The summed E-state index contributed by atoms with van der Waals surface area (Å²) in [7, 11) is 3.15. The lowest BCUT2D eigenvalue weighted by Gasteiger charge is -2.69. The van der Waals surface area contributed by atoms with Crippen molar-refractivity contribution in [3.63, 3.8) is 0 Å². The highest BCUT2D eigenvalue weighted by Crippen LogP contribution is 2.80. The van der Waals surface area contributed by atoms with Crippen LogP contribution >= 0.6 is 0 Å². The van der Waals surface area contributed by atoms with Crippen LogP contribution in [0.1, 0.15) is 39.5 Å². The number of likely N-dealkylation sites (N-methyl/N-ethyl adjacent to an activating group) is 1. The van der Waals surface area contributed by atoms with E-state index in [1.54, 1.807) is 14.2 Å². The second-order valence-electron chi connectivity index (χ2n) is 12.0. The molecule has 1 aliphatic heterocycles. The number of esters is 1. The van der Waals surface area contributed by atoms with E-state index in [0.29, 0.717) is 32.4 Å². The van der Waals surface area contributed by atoms with Gasteiger partial charge in [0.2, 0.25) is 0 Å². The van der Waals surface area contributed by atoms with E-state index >= 15 is 0 Å². The number of fused-ring (bicyclic) bond motifs is 2. The molecule has 0 radical (unpaired) electrons. The summed E-state index contributed by atoms with van der Waals surface area (Å²) in [5, 5.41) is 48.2. The normalized spacial score (nSPS) is 59.2. The molecule has 6 fully saturated rings. The molecule has 6 rings (SSSR count). The van der Waals surface area contributed by atoms with E-state index in [1.807, 2.05) is 6.92 Å². The van der Waals surface area contributed by atoms with E-state index in [9.17, 15) is 25.2 Å². The fraction of sp³-hybridized carbons (Fsp3) is 0.960. The van der Waals surface area contributed by atoms with Crippen LogP contribution in [0.4, 0.5) is 0 Å². The molecule has 9 heteroatoms. The van der Waals surface area contributed by atoms with Gasteiger partial charge in [-0.1, -0.05) is 6.92 Å².